The van der Waals surface area contributed by atoms with E-state index in [1.165, 1.54) is 24.2 Å². The maximum atomic E-state index is 12.9. The molecule has 0 amide bonds. The molecule has 5 rings (SSSR count). The van der Waals surface area contributed by atoms with E-state index in [1.54, 1.807) is 5.57 Å². The average molecular weight is 445 g/mol. The molecule has 0 spiro atoms. The Hall–Kier alpha value is -1.36. The zero-order valence-corrected chi connectivity index (χ0v) is 19.5. The van der Waals surface area contributed by atoms with Gasteiger partial charge in [0.25, 0.3) is 0 Å². The van der Waals surface area contributed by atoms with Crippen LogP contribution < -0.4 is 4.90 Å². The molecule has 5 atom stereocenters. The Bertz CT molecular complexity index is 873. The van der Waals surface area contributed by atoms with Crippen LogP contribution in [-0.4, -0.2) is 36.8 Å². The van der Waals surface area contributed by atoms with Crippen LogP contribution >= 0.6 is 11.6 Å². The lowest BCUT2D eigenvalue weighted by Crippen LogP contribution is -3.14. The van der Waals surface area contributed by atoms with Crippen molar-refractivity contribution in [1.82, 2.24) is 0 Å². The highest BCUT2D eigenvalue weighted by atomic mass is 35.5. The van der Waals surface area contributed by atoms with Crippen LogP contribution in [0.25, 0.3) is 0 Å². The highest BCUT2D eigenvalue weighted by Gasteiger charge is 2.53. The normalized spacial score (nSPS) is 42.4. The second kappa shape index (κ2) is 7.90. The zero-order valence-electron chi connectivity index (χ0n) is 18.7. The maximum absolute atomic E-state index is 12.9. The summed E-state index contributed by atoms with van der Waals surface area (Å²) in [5, 5.41) is 11.9. The summed E-state index contributed by atoms with van der Waals surface area (Å²) in [6, 6.07) is 7.56. The minimum absolute atomic E-state index is 0.00668. The number of carbonyl (C=O) groups is 1. The molecule has 1 saturated carbocycles. The summed E-state index contributed by atoms with van der Waals surface area (Å²) in [6.45, 7) is 7.27. The Morgan fingerprint density at radius 3 is 2.61 bits per heavy atom. The second-order valence-corrected chi connectivity index (χ2v) is 11.3. The van der Waals surface area contributed by atoms with Crippen molar-refractivity contribution in [2.24, 2.45) is 23.2 Å². The number of hydrogen-bond donors (Lipinski definition) is 2. The quantitative estimate of drug-likeness (QED) is 0.554. The fourth-order valence-corrected chi connectivity index (χ4v) is 6.99. The molecule has 1 aromatic carbocycles. The van der Waals surface area contributed by atoms with Gasteiger partial charge in [-0.05, 0) is 48.3 Å². The van der Waals surface area contributed by atoms with Crippen molar-refractivity contribution in [2.75, 3.05) is 19.6 Å². The van der Waals surface area contributed by atoms with Gasteiger partial charge >= 0.3 is 5.97 Å². The van der Waals surface area contributed by atoms with Crippen molar-refractivity contribution in [1.29, 1.82) is 0 Å². The fraction of sp³-hybridized carbons (Fsp3) is 0.654. The van der Waals surface area contributed by atoms with Gasteiger partial charge in [-0.3, -0.25) is 4.79 Å². The first-order chi connectivity index (χ1) is 14.8. The molecule has 3 fully saturated rings. The van der Waals surface area contributed by atoms with Gasteiger partial charge in [0, 0.05) is 23.8 Å². The highest BCUT2D eigenvalue weighted by molar-refractivity contribution is 6.30. The predicted octanol–water partition coefficient (Wildman–Crippen LogP) is 3.52. The molecule has 168 valence electrons. The van der Waals surface area contributed by atoms with E-state index < -0.39 is 5.60 Å². The number of rotatable bonds is 3. The van der Waals surface area contributed by atoms with Gasteiger partial charge in [-0.2, -0.15) is 0 Å². The number of fused-ring (bicyclic) bond motifs is 2. The number of hydrogen-bond acceptors (Lipinski definition) is 3. The molecule has 1 aromatic rings. The number of aliphatic hydroxyl groups is 1. The molecule has 31 heavy (non-hydrogen) atoms. The third kappa shape index (κ3) is 3.85. The van der Waals surface area contributed by atoms with E-state index in [4.69, 9.17) is 16.3 Å². The van der Waals surface area contributed by atoms with Crippen molar-refractivity contribution in [3.05, 3.63) is 46.5 Å². The molecule has 4 aliphatic rings. The molecular formula is C26H35ClNO3+. The maximum Gasteiger partial charge on any atom is 0.315 e. The van der Waals surface area contributed by atoms with Crippen molar-refractivity contribution in [3.8, 4) is 0 Å². The topological polar surface area (TPSA) is 51.0 Å². The van der Waals surface area contributed by atoms with Gasteiger partial charge in [-0.1, -0.05) is 55.7 Å². The number of nitrogens with one attached hydrogen (secondary N) is 1. The molecule has 2 N–H and O–H groups in total. The lowest BCUT2D eigenvalue weighted by Gasteiger charge is -2.46. The van der Waals surface area contributed by atoms with Gasteiger partial charge in [0.15, 0.2) is 0 Å². The van der Waals surface area contributed by atoms with Crippen molar-refractivity contribution < 1.29 is 19.5 Å². The van der Waals surface area contributed by atoms with Gasteiger partial charge in [0.2, 0.25) is 0 Å². The first-order valence-electron chi connectivity index (χ1n) is 12.0. The number of benzene rings is 1. The minimum atomic E-state index is -0.793. The van der Waals surface area contributed by atoms with Crippen LogP contribution in [0.5, 0.6) is 0 Å². The van der Waals surface area contributed by atoms with Crippen LogP contribution in [0.2, 0.25) is 5.02 Å². The van der Waals surface area contributed by atoms with Gasteiger partial charge in [0.1, 0.15) is 17.6 Å². The Morgan fingerprint density at radius 2 is 1.90 bits per heavy atom. The summed E-state index contributed by atoms with van der Waals surface area (Å²) in [5.74, 6) is 0.786. The lowest BCUT2D eigenvalue weighted by molar-refractivity contribution is -0.910. The molecule has 5 heteroatoms. The molecule has 2 saturated heterocycles. The smallest absolute Gasteiger partial charge is 0.315 e. The summed E-state index contributed by atoms with van der Waals surface area (Å²) in [7, 11) is 0. The summed E-state index contributed by atoms with van der Waals surface area (Å²) in [6.07, 6.45) is 8.65. The number of halogens is 1. The van der Waals surface area contributed by atoms with Crippen LogP contribution in [0, 0.1) is 23.2 Å². The summed E-state index contributed by atoms with van der Waals surface area (Å²) < 4.78 is 5.93. The minimum Gasteiger partial charge on any atom is -0.461 e. The van der Waals surface area contributed by atoms with Gasteiger partial charge in [0.05, 0.1) is 19.6 Å². The average Bonchev–Trinajstić information content (AvgIpc) is 3.02. The monoisotopic (exact) mass is 444 g/mol. The third-order valence-corrected chi connectivity index (χ3v) is 9.01. The van der Waals surface area contributed by atoms with Crippen molar-refractivity contribution in [3.63, 3.8) is 0 Å². The summed E-state index contributed by atoms with van der Waals surface area (Å²) >= 11 is 6.01. The van der Waals surface area contributed by atoms with E-state index >= 15 is 0 Å². The number of ether oxygens (including phenoxy) is 1. The second-order valence-electron chi connectivity index (χ2n) is 10.8. The van der Waals surface area contributed by atoms with Crippen LogP contribution in [0.15, 0.2) is 35.9 Å². The molecular weight excluding hydrogens is 410 g/mol. The molecule has 0 aromatic heterocycles. The first kappa shape index (κ1) is 21.5. The summed E-state index contributed by atoms with van der Waals surface area (Å²) in [4.78, 5) is 14.3. The number of allylic oxidation sites excluding steroid dienone is 1. The van der Waals surface area contributed by atoms with Crippen molar-refractivity contribution >= 4 is 17.6 Å². The van der Waals surface area contributed by atoms with E-state index in [9.17, 15) is 9.90 Å². The number of esters is 1. The van der Waals surface area contributed by atoms with Gasteiger partial charge in [-0.15, -0.1) is 0 Å². The van der Waals surface area contributed by atoms with E-state index in [0.717, 1.165) is 31.6 Å². The Labute approximate surface area is 190 Å². The summed E-state index contributed by atoms with van der Waals surface area (Å²) in [5.41, 5.74) is 1.94. The van der Waals surface area contributed by atoms with E-state index in [1.807, 2.05) is 24.3 Å². The molecule has 0 radical (unpaired) electrons. The standard InChI is InChI=1S/C26H34ClNO3/c1-17-4-3-9-25(2)15-23-20(14-22(17)25)21(24(29)31-23)16-28-12-10-26(30,11-13-28)18-5-7-19(27)8-6-18/h5-8,14,17,20-21,23,30H,3-4,9-13,15-16H2,1-2H3/p+1/t17-,20+,21+,23+,25+/m0/s1. The van der Waals surface area contributed by atoms with Crippen LogP contribution in [0.3, 0.4) is 0 Å². The number of carbonyl (C=O) groups excluding carboxylic acids is 1. The molecule has 4 nitrogen and oxygen atoms in total. The molecule has 2 aliphatic heterocycles. The third-order valence-electron chi connectivity index (χ3n) is 8.76. The number of quaternary nitrogens is 1. The van der Waals surface area contributed by atoms with Crippen LogP contribution in [-0.2, 0) is 15.1 Å². The van der Waals surface area contributed by atoms with Gasteiger partial charge < -0.3 is 14.7 Å². The number of likely N-dealkylation sites (tertiary alicyclic amines) is 1. The SMILES string of the molecule is C[C@H]1CCC[C@]2(C)C[C@H]3OC(=O)[C@H](C[NH+]4CCC(O)(c5ccc(Cl)cc5)CC4)[C@H]3C=C12. The Morgan fingerprint density at radius 1 is 1.19 bits per heavy atom. The molecule has 0 unspecified atom stereocenters. The largest absolute Gasteiger partial charge is 0.461 e. The Kier molecular flexibility index (Phi) is 5.47. The molecule has 2 heterocycles. The van der Waals surface area contributed by atoms with Crippen molar-refractivity contribution in [2.45, 2.75) is 64.1 Å². The predicted molar refractivity (Wildman–Crippen MR) is 121 cm³/mol. The van der Waals surface area contributed by atoms with Gasteiger partial charge in [-0.25, -0.2) is 0 Å². The van der Waals surface area contributed by atoms with Crippen LogP contribution in [0.1, 0.15) is 57.9 Å². The molecule has 0 bridgehead atoms. The van der Waals surface area contributed by atoms with E-state index in [0.29, 0.717) is 23.8 Å². The Balaban J connectivity index is 1.28. The first-order valence-corrected chi connectivity index (χ1v) is 12.4. The number of piperidine rings is 1. The fourth-order valence-electron chi connectivity index (χ4n) is 6.86. The highest BCUT2D eigenvalue weighted by Crippen LogP contribution is 2.53. The molecule has 2 aliphatic carbocycles. The lowest BCUT2D eigenvalue weighted by atomic mass is 9.59. The zero-order chi connectivity index (χ0) is 21.8. The van der Waals surface area contributed by atoms with E-state index in [-0.39, 0.29) is 29.3 Å². The van der Waals surface area contributed by atoms with Crippen LogP contribution in [0.4, 0.5) is 0 Å². The van der Waals surface area contributed by atoms with E-state index in [2.05, 4.69) is 19.9 Å².